The van der Waals surface area contributed by atoms with Gasteiger partial charge < -0.3 is 15.4 Å². The monoisotopic (exact) mass is 244 g/mol. The van der Waals surface area contributed by atoms with Gasteiger partial charge in [0.15, 0.2) is 0 Å². The topological polar surface area (TPSA) is 67.4 Å². The second-order valence-corrected chi connectivity index (χ2v) is 4.60. The van der Waals surface area contributed by atoms with Gasteiger partial charge in [-0.15, -0.1) is 0 Å². The van der Waals surface area contributed by atoms with Crippen LogP contribution in [0.5, 0.6) is 0 Å². The molecule has 2 amide bonds. The number of ether oxygens (including phenoxy) is 1. The molecule has 1 atom stereocenters. The molecule has 0 saturated carbocycles. The van der Waals surface area contributed by atoms with E-state index in [1.54, 1.807) is 13.8 Å². The van der Waals surface area contributed by atoms with Gasteiger partial charge in [-0.3, -0.25) is 9.59 Å². The molecule has 0 aliphatic carbocycles. The molecule has 100 valence electrons. The first kappa shape index (κ1) is 15.9. The Labute approximate surface area is 103 Å². The molecule has 0 aliphatic rings. The van der Waals surface area contributed by atoms with Gasteiger partial charge in [0.05, 0.1) is 0 Å². The quantitative estimate of drug-likeness (QED) is 0.697. The van der Waals surface area contributed by atoms with Crippen LogP contribution in [0, 0.1) is 0 Å². The zero-order chi connectivity index (χ0) is 13.5. The highest BCUT2D eigenvalue weighted by atomic mass is 16.5. The van der Waals surface area contributed by atoms with Crippen molar-refractivity contribution in [1.82, 2.24) is 10.6 Å². The lowest BCUT2D eigenvalue weighted by Gasteiger charge is -2.21. The van der Waals surface area contributed by atoms with Crippen molar-refractivity contribution < 1.29 is 14.3 Å². The van der Waals surface area contributed by atoms with E-state index in [9.17, 15) is 9.59 Å². The molecule has 0 saturated heterocycles. The van der Waals surface area contributed by atoms with Gasteiger partial charge in [0, 0.05) is 26.1 Å². The van der Waals surface area contributed by atoms with E-state index in [2.05, 4.69) is 10.6 Å². The molecule has 2 N–H and O–H groups in total. The summed E-state index contributed by atoms with van der Waals surface area (Å²) in [6.07, 6.45) is 1.19. The minimum Gasteiger partial charge on any atom is -0.369 e. The van der Waals surface area contributed by atoms with Crippen LogP contribution in [0.1, 0.15) is 40.5 Å². The average Bonchev–Trinajstić information content (AvgIpc) is 2.28. The van der Waals surface area contributed by atoms with E-state index in [4.69, 9.17) is 4.74 Å². The molecular formula is C12H24N2O3. The second-order valence-electron chi connectivity index (χ2n) is 4.60. The molecule has 0 radical (unpaired) electrons. The summed E-state index contributed by atoms with van der Waals surface area (Å²) in [4.78, 5) is 23.0. The number of hydrogen-bond acceptors (Lipinski definition) is 3. The predicted molar refractivity (Wildman–Crippen MR) is 66.6 cm³/mol. The Kier molecular flexibility index (Phi) is 6.80. The third-order valence-corrected chi connectivity index (χ3v) is 2.71. The van der Waals surface area contributed by atoms with Crippen LogP contribution in [0.15, 0.2) is 0 Å². The zero-order valence-electron chi connectivity index (χ0n) is 11.4. The Bertz CT molecular complexity index is 264. The number of carbonyl (C=O) groups excluding carboxylic acids is 2. The van der Waals surface area contributed by atoms with Crippen LogP contribution < -0.4 is 10.6 Å². The third-order valence-electron chi connectivity index (χ3n) is 2.71. The molecule has 0 aromatic rings. The van der Waals surface area contributed by atoms with E-state index in [0.29, 0.717) is 6.54 Å². The van der Waals surface area contributed by atoms with E-state index >= 15 is 0 Å². The van der Waals surface area contributed by atoms with Gasteiger partial charge in [0.2, 0.25) is 5.91 Å². The van der Waals surface area contributed by atoms with Crippen molar-refractivity contribution >= 4 is 11.8 Å². The van der Waals surface area contributed by atoms with Crippen LogP contribution in [-0.2, 0) is 14.3 Å². The van der Waals surface area contributed by atoms with Crippen molar-refractivity contribution in [3.8, 4) is 0 Å². The summed E-state index contributed by atoms with van der Waals surface area (Å²) in [6.45, 7) is 7.65. The van der Waals surface area contributed by atoms with Crippen LogP contribution in [0.2, 0.25) is 0 Å². The fraction of sp³-hybridized carbons (Fsp3) is 0.833. The molecule has 0 aromatic carbocycles. The lowest BCUT2D eigenvalue weighted by molar-refractivity contribution is -0.139. The maximum Gasteiger partial charge on any atom is 0.251 e. The minimum absolute atomic E-state index is 0.0464. The first-order valence-electron chi connectivity index (χ1n) is 5.96. The maximum absolute atomic E-state index is 11.6. The molecule has 0 heterocycles. The summed E-state index contributed by atoms with van der Waals surface area (Å²) in [7, 11) is 1.48. The van der Waals surface area contributed by atoms with Crippen molar-refractivity contribution in [2.24, 2.45) is 0 Å². The molecule has 0 aromatic heterocycles. The van der Waals surface area contributed by atoms with Gasteiger partial charge in [0.25, 0.3) is 5.91 Å². The zero-order valence-corrected chi connectivity index (χ0v) is 11.4. The van der Waals surface area contributed by atoms with Crippen LogP contribution in [-0.4, -0.2) is 37.1 Å². The van der Waals surface area contributed by atoms with E-state index < -0.39 is 5.60 Å². The van der Waals surface area contributed by atoms with E-state index in [-0.39, 0.29) is 24.3 Å². The van der Waals surface area contributed by atoms with Crippen molar-refractivity contribution in [1.29, 1.82) is 0 Å². The van der Waals surface area contributed by atoms with Crippen molar-refractivity contribution in [2.45, 2.75) is 52.2 Å². The smallest absolute Gasteiger partial charge is 0.251 e. The van der Waals surface area contributed by atoms with E-state index in [1.807, 2.05) is 13.8 Å². The molecular weight excluding hydrogens is 220 g/mol. The van der Waals surface area contributed by atoms with Crippen molar-refractivity contribution in [2.75, 3.05) is 13.7 Å². The number of rotatable bonds is 7. The highest BCUT2D eigenvalue weighted by Gasteiger charge is 2.26. The number of methoxy groups -OCH3 is 1. The molecule has 5 heteroatoms. The Hall–Kier alpha value is -1.10. The Morgan fingerprint density at radius 1 is 1.35 bits per heavy atom. The summed E-state index contributed by atoms with van der Waals surface area (Å²) in [5.74, 6) is -0.258. The van der Waals surface area contributed by atoms with E-state index in [0.717, 1.165) is 6.42 Å². The van der Waals surface area contributed by atoms with Crippen LogP contribution in [0.25, 0.3) is 0 Å². The van der Waals surface area contributed by atoms with Crippen LogP contribution >= 0.6 is 0 Å². The molecule has 0 bridgehead atoms. The largest absolute Gasteiger partial charge is 0.369 e. The summed E-state index contributed by atoms with van der Waals surface area (Å²) < 4.78 is 5.03. The summed E-state index contributed by atoms with van der Waals surface area (Å²) >= 11 is 0. The van der Waals surface area contributed by atoms with Crippen molar-refractivity contribution in [3.05, 3.63) is 0 Å². The first-order chi connectivity index (χ1) is 7.83. The normalized spacial score (nSPS) is 13.0. The Balaban J connectivity index is 3.85. The van der Waals surface area contributed by atoms with Crippen molar-refractivity contribution in [3.63, 3.8) is 0 Å². The average molecular weight is 244 g/mol. The first-order valence-corrected chi connectivity index (χ1v) is 5.96. The fourth-order valence-electron chi connectivity index (χ4n) is 1.04. The van der Waals surface area contributed by atoms with Gasteiger partial charge in [-0.2, -0.15) is 0 Å². The molecule has 5 nitrogen and oxygen atoms in total. The number of hydrogen-bond donors (Lipinski definition) is 2. The lowest BCUT2D eigenvalue weighted by atomic mass is 10.1. The molecule has 0 rings (SSSR count). The number of amides is 2. The lowest BCUT2D eigenvalue weighted by Crippen LogP contribution is -2.44. The molecule has 0 fully saturated rings. The van der Waals surface area contributed by atoms with Gasteiger partial charge in [-0.25, -0.2) is 0 Å². The molecule has 0 spiro atoms. The summed E-state index contributed by atoms with van der Waals surface area (Å²) in [6, 6.07) is 0.175. The SMILES string of the molecule is CCC(C)NC(=O)CCNC(=O)C(C)(C)OC. The molecule has 0 aliphatic heterocycles. The van der Waals surface area contributed by atoms with Crippen LogP contribution in [0.4, 0.5) is 0 Å². The van der Waals surface area contributed by atoms with Crippen LogP contribution in [0.3, 0.4) is 0 Å². The predicted octanol–water partition coefficient (Wildman–Crippen LogP) is 0.832. The fourth-order valence-corrected chi connectivity index (χ4v) is 1.04. The Morgan fingerprint density at radius 3 is 2.41 bits per heavy atom. The summed E-state index contributed by atoms with van der Waals surface area (Å²) in [5.41, 5.74) is -0.854. The standard InChI is InChI=1S/C12H24N2O3/c1-6-9(2)14-10(15)7-8-13-11(16)12(3,4)17-5/h9H,6-8H2,1-5H3,(H,13,16)(H,14,15). The molecule has 17 heavy (non-hydrogen) atoms. The highest BCUT2D eigenvalue weighted by molar-refractivity contribution is 5.85. The number of carbonyl (C=O) groups is 2. The third kappa shape index (κ3) is 6.26. The maximum atomic E-state index is 11.6. The van der Waals surface area contributed by atoms with Gasteiger partial charge in [-0.1, -0.05) is 6.92 Å². The molecule has 1 unspecified atom stereocenters. The summed E-state index contributed by atoms with van der Waals surface area (Å²) in [5, 5.41) is 5.51. The second kappa shape index (κ2) is 7.27. The minimum atomic E-state index is -0.854. The highest BCUT2D eigenvalue weighted by Crippen LogP contribution is 2.06. The van der Waals surface area contributed by atoms with Gasteiger partial charge in [0.1, 0.15) is 5.60 Å². The van der Waals surface area contributed by atoms with Gasteiger partial charge >= 0.3 is 0 Å². The Morgan fingerprint density at radius 2 is 1.94 bits per heavy atom. The number of nitrogens with one attached hydrogen (secondary N) is 2. The van der Waals surface area contributed by atoms with E-state index in [1.165, 1.54) is 7.11 Å². The van der Waals surface area contributed by atoms with Gasteiger partial charge in [-0.05, 0) is 27.2 Å².